The third kappa shape index (κ3) is 5.31. The normalized spacial score (nSPS) is 20.4. The number of piperidine rings is 1. The molecule has 0 saturated carbocycles. The molecule has 192 valence electrons. The van der Waals surface area contributed by atoms with E-state index >= 15 is 0 Å². The van der Waals surface area contributed by atoms with Gasteiger partial charge in [0, 0.05) is 42.0 Å². The first-order chi connectivity index (χ1) is 17.9. The Balaban J connectivity index is 1.19. The lowest BCUT2D eigenvalue weighted by molar-refractivity contribution is 0.0923. The second-order valence-corrected chi connectivity index (χ2v) is 10.1. The lowest BCUT2D eigenvalue weighted by Gasteiger charge is -2.40. The Bertz CT molecular complexity index is 1260. The van der Waals surface area contributed by atoms with Crippen LogP contribution in [0.3, 0.4) is 0 Å². The van der Waals surface area contributed by atoms with Gasteiger partial charge in [0.05, 0.1) is 12.7 Å². The summed E-state index contributed by atoms with van der Waals surface area (Å²) in [6, 6.07) is 18.3. The maximum absolute atomic E-state index is 13.0. The van der Waals surface area contributed by atoms with E-state index in [1.165, 1.54) is 5.56 Å². The number of anilines is 1. The first-order valence-electron chi connectivity index (χ1n) is 13.0. The summed E-state index contributed by atoms with van der Waals surface area (Å²) in [5.41, 5.74) is 4.33. The zero-order valence-electron chi connectivity index (χ0n) is 21.7. The van der Waals surface area contributed by atoms with Crippen molar-refractivity contribution in [3.63, 3.8) is 0 Å². The maximum Gasteiger partial charge on any atom is 0.253 e. The van der Waals surface area contributed by atoms with Crippen molar-refractivity contribution in [1.29, 1.82) is 0 Å². The standard InChI is InChI=1S/C30H34N4O3/c1-19-7-9-21(10-8-19)17-32-29(35)22-11-14-28(31-18-22)34-24-12-13-25(34)16-23(15-24)33-30(36)26-5-4-6-27(37-3)20(26)2/h4-11,14,18,23-25H,12-13,15-17H2,1-3H3,(H,32,35)(H,33,36). The Morgan fingerprint density at radius 2 is 1.70 bits per heavy atom. The molecule has 5 rings (SSSR count). The molecule has 0 spiro atoms. The highest BCUT2D eigenvalue weighted by Gasteiger charge is 2.42. The second-order valence-electron chi connectivity index (χ2n) is 10.1. The van der Waals surface area contributed by atoms with Crippen molar-refractivity contribution < 1.29 is 14.3 Å². The van der Waals surface area contributed by atoms with Gasteiger partial charge in [-0.1, -0.05) is 35.9 Å². The van der Waals surface area contributed by atoms with E-state index in [4.69, 9.17) is 4.74 Å². The molecule has 2 fully saturated rings. The van der Waals surface area contributed by atoms with Gasteiger partial charge in [0.1, 0.15) is 11.6 Å². The fourth-order valence-electron chi connectivity index (χ4n) is 5.68. The number of hydrogen-bond donors (Lipinski definition) is 2. The molecule has 2 atom stereocenters. The SMILES string of the molecule is COc1cccc(C(=O)NC2CC3CCC(C2)N3c2ccc(C(=O)NCc3ccc(C)cc3)cn2)c1C. The topological polar surface area (TPSA) is 83.6 Å². The molecule has 2 amide bonds. The van der Waals surface area contributed by atoms with E-state index in [-0.39, 0.29) is 17.9 Å². The van der Waals surface area contributed by atoms with Crippen molar-refractivity contribution in [2.24, 2.45) is 0 Å². The van der Waals surface area contributed by atoms with Gasteiger partial charge in [-0.25, -0.2) is 4.98 Å². The van der Waals surface area contributed by atoms with Crippen molar-refractivity contribution in [2.75, 3.05) is 12.0 Å². The number of carbonyl (C=O) groups excluding carboxylic acids is 2. The minimum Gasteiger partial charge on any atom is -0.496 e. The van der Waals surface area contributed by atoms with Crippen LogP contribution in [-0.4, -0.2) is 42.0 Å². The maximum atomic E-state index is 13.0. The van der Waals surface area contributed by atoms with Gasteiger partial charge in [-0.15, -0.1) is 0 Å². The van der Waals surface area contributed by atoms with Gasteiger partial charge in [0.25, 0.3) is 11.8 Å². The molecule has 2 aromatic carbocycles. The summed E-state index contributed by atoms with van der Waals surface area (Å²) < 4.78 is 5.38. The fraction of sp³-hybridized carbons (Fsp3) is 0.367. The van der Waals surface area contributed by atoms with Crippen LogP contribution in [0.5, 0.6) is 5.75 Å². The van der Waals surface area contributed by atoms with Crippen molar-refractivity contribution in [1.82, 2.24) is 15.6 Å². The summed E-state index contributed by atoms with van der Waals surface area (Å²) in [4.78, 5) is 32.7. The Kier molecular flexibility index (Phi) is 7.12. The van der Waals surface area contributed by atoms with E-state index in [2.05, 4.69) is 20.5 Å². The zero-order valence-corrected chi connectivity index (χ0v) is 21.7. The average molecular weight is 499 g/mol. The predicted octanol–water partition coefficient (Wildman–Crippen LogP) is 4.57. The first-order valence-corrected chi connectivity index (χ1v) is 13.0. The minimum absolute atomic E-state index is 0.0478. The largest absolute Gasteiger partial charge is 0.496 e. The van der Waals surface area contributed by atoms with Gasteiger partial charge in [0.2, 0.25) is 0 Å². The highest BCUT2D eigenvalue weighted by Crippen LogP contribution is 2.38. The number of rotatable bonds is 7. The third-order valence-electron chi connectivity index (χ3n) is 7.67. The van der Waals surface area contributed by atoms with Crippen LogP contribution in [-0.2, 0) is 6.54 Å². The predicted molar refractivity (Wildman–Crippen MR) is 144 cm³/mol. The Morgan fingerprint density at radius 1 is 0.973 bits per heavy atom. The summed E-state index contributed by atoms with van der Waals surface area (Å²) in [5.74, 6) is 1.45. The highest BCUT2D eigenvalue weighted by molar-refractivity contribution is 5.96. The van der Waals surface area contributed by atoms with E-state index in [0.717, 1.165) is 48.4 Å². The second kappa shape index (κ2) is 10.6. The number of ether oxygens (including phenoxy) is 1. The number of nitrogens with zero attached hydrogens (tertiary/aromatic N) is 2. The van der Waals surface area contributed by atoms with Crippen molar-refractivity contribution in [3.05, 3.63) is 88.6 Å². The molecule has 7 nitrogen and oxygen atoms in total. The number of nitrogens with one attached hydrogen (secondary N) is 2. The molecule has 0 aliphatic carbocycles. The zero-order chi connectivity index (χ0) is 25.9. The molecule has 37 heavy (non-hydrogen) atoms. The van der Waals surface area contributed by atoms with Crippen LogP contribution in [0, 0.1) is 13.8 Å². The summed E-state index contributed by atoms with van der Waals surface area (Å²) in [5, 5.41) is 6.23. The molecule has 2 aliphatic rings. The van der Waals surface area contributed by atoms with E-state index in [1.54, 1.807) is 13.3 Å². The lowest BCUT2D eigenvalue weighted by Crippen LogP contribution is -2.50. The molecule has 3 heterocycles. The molecular formula is C30H34N4O3. The Morgan fingerprint density at radius 3 is 2.35 bits per heavy atom. The van der Waals surface area contributed by atoms with Gasteiger partial charge in [-0.05, 0) is 69.4 Å². The molecule has 2 bridgehead atoms. The quantitative estimate of drug-likeness (QED) is 0.499. The lowest BCUT2D eigenvalue weighted by atomic mass is 9.96. The van der Waals surface area contributed by atoms with Gasteiger partial charge >= 0.3 is 0 Å². The molecule has 0 radical (unpaired) electrons. The van der Waals surface area contributed by atoms with Crippen LogP contribution in [0.25, 0.3) is 0 Å². The highest BCUT2D eigenvalue weighted by atomic mass is 16.5. The number of benzene rings is 2. The molecule has 3 aromatic rings. The van der Waals surface area contributed by atoms with Gasteiger partial charge < -0.3 is 20.3 Å². The average Bonchev–Trinajstić information content (AvgIpc) is 3.18. The van der Waals surface area contributed by atoms with Crippen molar-refractivity contribution in [2.45, 2.75) is 64.2 Å². The van der Waals surface area contributed by atoms with Crippen LogP contribution in [0.2, 0.25) is 0 Å². The van der Waals surface area contributed by atoms with Gasteiger partial charge in [-0.2, -0.15) is 0 Å². The van der Waals surface area contributed by atoms with Gasteiger partial charge in [-0.3, -0.25) is 9.59 Å². The van der Waals surface area contributed by atoms with Crippen LogP contribution in [0.1, 0.15) is 63.1 Å². The van der Waals surface area contributed by atoms with Crippen molar-refractivity contribution >= 4 is 17.6 Å². The summed E-state index contributed by atoms with van der Waals surface area (Å²) >= 11 is 0. The number of aromatic nitrogens is 1. The van der Waals surface area contributed by atoms with Crippen LogP contribution in [0.4, 0.5) is 5.82 Å². The Labute approximate surface area is 218 Å². The Hall–Kier alpha value is -3.87. The number of carbonyl (C=O) groups is 2. The monoisotopic (exact) mass is 498 g/mol. The van der Waals surface area contributed by atoms with Crippen molar-refractivity contribution in [3.8, 4) is 5.75 Å². The smallest absolute Gasteiger partial charge is 0.253 e. The number of aryl methyl sites for hydroxylation is 1. The van der Waals surface area contributed by atoms with E-state index in [0.29, 0.717) is 29.8 Å². The van der Waals surface area contributed by atoms with Crippen LogP contribution >= 0.6 is 0 Å². The van der Waals surface area contributed by atoms with Crippen LogP contribution < -0.4 is 20.3 Å². The summed E-state index contributed by atoms with van der Waals surface area (Å²) in [6.45, 7) is 4.45. The molecule has 1 aromatic heterocycles. The van der Waals surface area contributed by atoms with E-state index in [9.17, 15) is 9.59 Å². The minimum atomic E-state index is -0.128. The fourth-order valence-corrected chi connectivity index (χ4v) is 5.68. The van der Waals surface area contributed by atoms with Gasteiger partial charge in [0.15, 0.2) is 0 Å². The van der Waals surface area contributed by atoms with E-state index < -0.39 is 0 Å². The number of methoxy groups -OCH3 is 1. The van der Waals surface area contributed by atoms with E-state index in [1.807, 2.05) is 68.4 Å². The molecule has 2 N–H and O–H groups in total. The molecule has 2 unspecified atom stereocenters. The summed E-state index contributed by atoms with van der Waals surface area (Å²) in [7, 11) is 1.62. The third-order valence-corrected chi connectivity index (χ3v) is 7.67. The number of fused-ring (bicyclic) bond motifs is 2. The number of hydrogen-bond acceptors (Lipinski definition) is 5. The summed E-state index contributed by atoms with van der Waals surface area (Å²) in [6.07, 6.45) is 5.58. The van der Waals surface area contributed by atoms with Crippen LogP contribution in [0.15, 0.2) is 60.8 Å². The molecule has 7 heteroatoms. The molecule has 2 saturated heterocycles. The number of pyridine rings is 1. The first kappa shape index (κ1) is 24.8. The number of amides is 2. The molecule has 2 aliphatic heterocycles. The molecular weight excluding hydrogens is 464 g/mol.